The van der Waals surface area contributed by atoms with Crippen LogP contribution in [0.5, 0.6) is 5.75 Å². The van der Waals surface area contributed by atoms with Crippen LogP contribution >= 0.6 is 0 Å². The second-order valence-corrected chi connectivity index (χ2v) is 8.23. The van der Waals surface area contributed by atoms with E-state index in [9.17, 15) is 18.0 Å². The molecule has 0 fully saturated rings. The molecule has 0 heterocycles. The number of benzene rings is 2. The first-order valence-electron chi connectivity index (χ1n) is 9.37. The lowest BCUT2D eigenvalue weighted by molar-refractivity contribution is -0.121. The van der Waals surface area contributed by atoms with E-state index in [-0.39, 0.29) is 49.1 Å². The second kappa shape index (κ2) is 11.4. The number of carbonyl (C=O) groups excluding carboxylic acids is 2. The van der Waals surface area contributed by atoms with Crippen LogP contribution in [-0.2, 0) is 26.1 Å². The summed E-state index contributed by atoms with van der Waals surface area (Å²) in [7, 11) is -0.551. The van der Waals surface area contributed by atoms with Crippen LogP contribution in [0.4, 0.5) is 0 Å². The third-order valence-corrected chi connectivity index (χ3v) is 5.79. The highest BCUT2D eigenvalue weighted by atomic mass is 32.2. The minimum atomic E-state index is -3.59. The number of rotatable bonds is 12. The number of ether oxygens (including phenoxy) is 2. The molecule has 1 amide bonds. The van der Waals surface area contributed by atoms with Gasteiger partial charge in [-0.1, -0.05) is 12.1 Å². The van der Waals surface area contributed by atoms with Gasteiger partial charge in [0.25, 0.3) is 0 Å². The van der Waals surface area contributed by atoms with E-state index >= 15 is 0 Å². The molecule has 0 saturated heterocycles. The predicted octanol–water partition coefficient (Wildman–Crippen LogP) is 1.90. The van der Waals surface area contributed by atoms with Crippen LogP contribution in [-0.4, -0.2) is 47.5 Å². The lowest BCUT2D eigenvalue weighted by Gasteiger charge is -2.08. The van der Waals surface area contributed by atoms with Crippen LogP contribution in [0.3, 0.4) is 0 Å². The fourth-order valence-electron chi connectivity index (χ4n) is 2.59. The first-order chi connectivity index (χ1) is 14.4. The topological polar surface area (TPSA) is 111 Å². The van der Waals surface area contributed by atoms with Gasteiger partial charge in [-0.25, -0.2) is 13.1 Å². The minimum absolute atomic E-state index is 0.0702. The summed E-state index contributed by atoms with van der Waals surface area (Å²) < 4.78 is 36.5. The Bertz CT molecular complexity index is 940. The van der Waals surface area contributed by atoms with E-state index in [1.54, 1.807) is 43.5 Å². The van der Waals surface area contributed by atoms with Crippen molar-refractivity contribution in [2.24, 2.45) is 0 Å². The Morgan fingerprint density at radius 3 is 2.20 bits per heavy atom. The standard InChI is InChI=1S/C21H26N2O6S/c1-28-14-13-23-30(26,27)19-9-3-16(4-10-19)15-22-21(25)12-11-20(24)17-5-7-18(29-2)8-6-17/h3-10,23H,11-15H2,1-2H3,(H,22,25). The monoisotopic (exact) mass is 434 g/mol. The zero-order valence-corrected chi connectivity index (χ0v) is 17.8. The Hall–Kier alpha value is -2.75. The Kier molecular flexibility index (Phi) is 8.97. The van der Waals surface area contributed by atoms with E-state index in [0.29, 0.717) is 11.3 Å². The normalized spacial score (nSPS) is 11.1. The molecule has 0 aromatic heterocycles. The first-order valence-corrected chi connectivity index (χ1v) is 10.9. The quantitative estimate of drug-likeness (QED) is 0.390. The SMILES string of the molecule is COCCNS(=O)(=O)c1ccc(CNC(=O)CCC(=O)c2ccc(OC)cc2)cc1. The van der Waals surface area contributed by atoms with E-state index in [1.807, 2.05) is 0 Å². The molecule has 0 bridgehead atoms. The first kappa shape index (κ1) is 23.5. The molecule has 0 aliphatic heterocycles. The molecule has 0 atom stereocenters. The zero-order valence-electron chi connectivity index (χ0n) is 17.0. The summed E-state index contributed by atoms with van der Waals surface area (Å²) >= 11 is 0. The van der Waals surface area contributed by atoms with Crippen molar-refractivity contribution >= 4 is 21.7 Å². The molecule has 0 radical (unpaired) electrons. The van der Waals surface area contributed by atoms with Gasteiger partial charge in [0.1, 0.15) is 5.75 Å². The molecule has 162 valence electrons. The number of methoxy groups -OCH3 is 2. The molecular formula is C21H26N2O6S. The molecule has 0 unspecified atom stereocenters. The van der Waals surface area contributed by atoms with Gasteiger partial charge in [-0.3, -0.25) is 9.59 Å². The summed E-state index contributed by atoms with van der Waals surface area (Å²) in [5.41, 5.74) is 1.28. The number of carbonyl (C=O) groups is 2. The highest BCUT2D eigenvalue weighted by Gasteiger charge is 2.13. The molecule has 9 heteroatoms. The second-order valence-electron chi connectivity index (χ2n) is 6.46. The smallest absolute Gasteiger partial charge is 0.240 e. The molecule has 2 rings (SSSR count). The highest BCUT2D eigenvalue weighted by molar-refractivity contribution is 7.89. The number of nitrogens with one attached hydrogen (secondary N) is 2. The van der Waals surface area contributed by atoms with Gasteiger partial charge in [0.15, 0.2) is 5.78 Å². The fraction of sp³-hybridized carbons (Fsp3) is 0.333. The van der Waals surface area contributed by atoms with Crippen molar-refractivity contribution < 1.29 is 27.5 Å². The van der Waals surface area contributed by atoms with Gasteiger partial charge in [-0.05, 0) is 42.0 Å². The maximum absolute atomic E-state index is 12.2. The number of hydrogen-bond donors (Lipinski definition) is 2. The summed E-state index contributed by atoms with van der Waals surface area (Å²) in [4.78, 5) is 24.3. The molecular weight excluding hydrogens is 408 g/mol. The van der Waals surface area contributed by atoms with Crippen LogP contribution in [0.15, 0.2) is 53.4 Å². The van der Waals surface area contributed by atoms with Crippen molar-refractivity contribution in [3.63, 3.8) is 0 Å². The van der Waals surface area contributed by atoms with Gasteiger partial charge < -0.3 is 14.8 Å². The molecule has 0 spiro atoms. The number of ketones is 1. The minimum Gasteiger partial charge on any atom is -0.497 e. The average Bonchev–Trinajstić information content (AvgIpc) is 2.76. The summed E-state index contributed by atoms with van der Waals surface area (Å²) in [6, 6.07) is 12.9. The van der Waals surface area contributed by atoms with Crippen molar-refractivity contribution in [3.05, 3.63) is 59.7 Å². The molecule has 2 aromatic rings. The van der Waals surface area contributed by atoms with Gasteiger partial charge in [-0.2, -0.15) is 0 Å². The third kappa shape index (κ3) is 7.25. The summed E-state index contributed by atoms with van der Waals surface area (Å²) in [6.07, 6.45) is 0.170. The number of hydrogen-bond acceptors (Lipinski definition) is 6. The van der Waals surface area contributed by atoms with Crippen LogP contribution in [0.1, 0.15) is 28.8 Å². The number of amides is 1. The van der Waals surface area contributed by atoms with Crippen LogP contribution in [0, 0.1) is 0 Å². The Labute approximate surface area is 176 Å². The van der Waals surface area contributed by atoms with Crippen molar-refractivity contribution in [2.45, 2.75) is 24.3 Å². The largest absolute Gasteiger partial charge is 0.497 e. The molecule has 0 aliphatic carbocycles. The number of Topliss-reactive ketones (excluding diaryl/α,β-unsaturated/α-hetero) is 1. The Morgan fingerprint density at radius 1 is 0.933 bits per heavy atom. The summed E-state index contributed by atoms with van der Waals surface area (Å²) in [5.74, 6) is 0.284. The maximum atomic E-state index is 12.2. The molecule has 0 saturated carbocycles. The van der Waals surface area contributed by atoms with E-state index < -0.39 is 10.0 Å². The molecule has 2 N–H and O–H groups in total. The maximum Gasteiger partial charge on any atom is 0.240 e. The van der Waals surface area contributed by atoms with E-state index in [1.165, 1.54) is 19.2 Å². The summed E-state index contributed by atoms with van der Waals surface area (Å²) in [5, 5.41) is 2.73. The average molecular weight is 435 g/mol. The highest BCUT2D eigenvalue weighted by Crippen LogP contribution is 2.14. The third-order valence-electron chi connectivity index (χ3n) is 4.31. The van der Waals surface area contributed by atoms with Gasteiger partial charge in [-0.15, -0.1) is 0 Å². The summed E-state index contributed by atoms with van der Waals surface area (Å²) in [6.45, 7) is 0.711. The Morgan fingerprint density at radius 2 is 1.60 bits per heavy atom. The van der Waals surface area contributed by atoms with Crippen molar-refractivity contribution in [1.29, 1.82) is 0 Å². The zero-order chi connectivity index (χ0) is 22.0. The van der Waals surface area contributed by atoms with Gasteiger partial charge >= 0.3 is 0 Å². The molecule has 30 heavy (non-hydrogen) atoms. The van der Waals surface area contributed by atoms with Gasteiger partial charge in [0, 0.05) is 38.6 Å². The number of sulfonamides is 1. The lowest BCUT2D eigenvalue weighted by Crippen LogP contribution is -2.27. The molecule has 2 aromatic carbocycles. The van der Waals surface area contributed by atoms with Crippen molar-refractivity contribution in [3.8, 4) is 5.75 Å². The van der Waals surface area contributed by atoms with E-state index in [4.69, 9.17) is 9.47 Å². The van der Waals surface area contributed by atoms with Crippen LogP contribution in [0.25, 0.3) is 0 Å². The molecule has 8 nitrogen and oxygen atoms in total. The van der Waals surface area contributed by atoms with Crippen LogP contribution in [0.2, 0.25) is 0 Å². The van der Waals surface area contributed by atoms with E-state index in [0.717, 1.165) is 5.56 Å². The Balaban J connectivity index is 1.79. The van der Waals surface area contributed by atoms with Crippen LogP contribution < -0.4 is 14.8 Å². The van der Waals surface area contributed by atoms with E-state index in [2.05, 4.69) is 10.0 Å². The predicted molar refractivity (Wildman–Crippen MR) is 112 cm³/mol. The van der Waals surface area contributed by atoms with Crippen molar-refractivity contribution in [1.82, 2.24) is 10.0 Å². The fourth-order valence-corrected chi connectivity index (χ4v) is 3.60. The van der Waals surface area contributed by atoms with Gasteiger partial charge in [0.05, 0.1) is 18.6 Å². The van der Waals surface area contributed by atoms with Gasteiger partial charge in [0.2, 0.25) is 15.9 Å². The lowest BCUT2D eigenvalue weighted by atomic mass is 10.1. The van der Waals surface area contributed by atoms with Crippen molar-refractivity contribution in [2.75, 3.05) is 27.4 Å². The molecule has 0 aliphatic rings.